The molecule has 0 aliphatic heterocycles. The Labute approximate surface area is 121 Å². The SMILES string of the molecule is CCN(CCOC)S(=O)(=O)c1cc(C(=O)O)cc(F)c1F. The number of nitrogens with zero attached hydrogens (tertiary/aromatic N) is 1. The molecular weight excluding hydrogens is 308 g/mol. The van der Waals surface area contributed by atoms with Crippen molar-refractivity contribution < 1.29 is 31.8 Å². The lowest BCUT2D eigenvalue weighted by molar-refractivity contribution is 0.0696. The minimum Gasteiger partial charge on any atom is -0.478 e. The van der Waals surface area contributed by atoms with E-state index in [4.69, 9.17) is 9.84 Å². The molecule has 0 bridgehead atoms. The van der Waals surface area contributed by atoms with Gasteiger partial charge in [0.15, 0.2) is 11.6 Å². The molecule has 9 heteroatoms. The monoisotopic (exact) mass is 323 g/mol. The topological polar surface area (TPSA) is 83.9 Å². The Morgan fingerprint density at radius 1 is 1.38 bits per heavy atom. The number of hydrogen-bond donors (Lipinski definition) is 1. The van der Waals surface area contributed by atoms with Crippen LogP contribution >= 0.6 is 0 Å². The zero-order chi connectivity index (χ0) is 16.2. The largest absolute Gasteiger partial charge is 0.478 e. The zero-order valence-electron chi connectivity index (χ0n) is 11.5. The van der Waals surface area contributed by atoms with Gasteiger partial charge in [-0.05, 0) is 12.1 Å². The summed E-state index contributed by atoms with van der Waals surface area (Å²) in [6, 6.07) is 1.04. The van der Waals surface area contributed by atoms with E-state index in [1.165, 1.54) is 14.0 Å². The molecule has 1 aromatic carbocycles. The summed E-state index contributed by atoms with van der Waals surface area (Å²) in [5.41, 5.74) is -0.643. The summed E-state index contributed by atoms with van der Waals surface area (Å²) in [4.78, 5) is 9.84. The van der Waals surface area contributed by atoms with Crippen LogP contribution < -0.4 is 0 Å². The first-order valence-electron chi connectivity index (χ1n) is 5.97. The van der Waals surface area contributed by atoms with Gasteiger partial charge in [0, 0.05) is 20.2 Å². The van der Waals surface area contributed by atoms with E-state index in [1.807, 2.05) is 0 Å². The number of aromatic carboxylic acids is 1. The summed E-state index contributed by atoms with van der Waals surface area (Å²) >= 11 is 0. The standard InChI is InChI=1S/C12H15F2NO5S/c1-3-15(4-5-20-2)21(18,19)10-7-8(12(16)17)6-9(13)11(10)14/h6-7H,3-5H2,1-2H3,(H,16,17). The molecule has 0 aliphatic rings. The van der Waals surface area contributed by atoms with Crippen LogP contribution in [0.25, 0.3) is 0 Å². The zero-order valence-corrected chi connectivity index (χ0v) is 12.3. The van der Waals surface area contributed by atoms with Gasteiger partial charge < -0.3 is 9.84 Å². The number of ether oxygens (including phenoxy) is 1. The van der Waals surface area contributed by atoms with E-state index in [2.05, 4.69) is 0 Å². The van der Waals surface area contributed by atoms with Gasteiger partial charge in [-0.15, -0.1) is 0 Å². The average molecular weight is 323 g/mol. The first kappa shape index (κ1) is 17.5. The third-order valence-electron chi connectivity index (χ3n) is 2.76. The van der Waals surface area contributed by atoms with E-state index in [-0.39, 0.29) is 19.7 Å². The number of hydrogen-bond acceptors (Lipinski definition) is 4. The van der Waals surface area contributed by atoms with E-state index in [0.29, 0.717) is 12.1 Å². The Morgan fingerprint density at radius 2 is 2.00 bits per heavy atom. The number of rotatable bonds is 7. The second kappa shape index (κ2) is 6.92. The molecule has 0 unspecified atom stereocenters. The third-order valence-corrected chi connectivity index (χ3v) is 4.73. The Kier molecular flexibility index (Phi) is 5.76. The van der Waals surface area contributed by atoms with Crippen LogP contribution in [0.2, 0.25) is 0 Å². The Balaban J connectivity index is 3.39. The van der Waals surface area contributed by atoms with Crippen molar-refractivity contribution in [2.45, 2.75) is 11.8 Å². The van der Waals surface area contributed by atoms with Crippen LogP contribution in [0.3, 0.4) is 0 Å². The Hall–Kier alpha value is -1.58. The summed E-state index contributed by atoms with van der Waals surface area (Å²) in [5, 5.41) is 8.81. The van der Waals surface area contributed by atoms with Crippen LogP contribution in [0.5, 0.6) is 0 Å². The smallest absolute Gasteiger partial charge is 0.335 e. The number of carboxylic acid groups (broad SMARTS) is 1. The maximum Gasteiger partial charge on any atom is 0.335 e. The maximum atomic E-state index is 13.8. The van der Waals surface area contributed by atoms with E-state index < -0.39 is 38.1 Å². The second-order valence-corrected chi connectivity index (χ2v) is 5.97. The highest BCUT2D eigenvalue weighted by Gasteiger charge is 2.29. The molecule has 0 fully saturated rings. The van der Waals surface area contributed by atoms with Crippen molar-refractivity contribution >= 4 is 16.0 Å². The molecule has 0 amide bonds. The molecule has 0 saturated carbocycles. The van der Waals surface area contributed by atoms with E-state index in [1.54, 1.807) is 0 Å². The van der Waals surface area contributed by atoms with Gasteiger partial charge >= 0.3 is 5.97 Å². The van der Waals surface area contributed by atoms with Gasteiger partial charge in [0.2, 0.25) is 10.0 Å². The molecular formula is C12H15F2NO5S. The normalized spacial score (nSPS) is 11.9. The molecule has 21 heavy (non-hydrogen) atoms. The third kappa shape index (κ3) is 3.74. The molecule has 1 rings (SSSR count). The molecule has 0 saturated heterocycles. The molecule has 1 N–H and O–H groups in total. The molecule has 118 valence electrons. The van der Waals surface area contributed by atoms with Crippen LogP contribution in [0.1, 0.15) is 17.3 Å². The Morgan fingerprint density at radius 3 is 2.48 bits per heavy atom. The predicted molar refractivity (Wildman–Crippen MR) is 69.6 cm³/mol. The van der Waals surface area contributed by atoms with Crippen molar-refractivity contribution in [1.82, 2.24) is 4.31 Å². The highest BCUT2D eigenvalue weighted by Crippen LogP contribution is 2.23. The molecule has 0 spiro atoms. The molecule has 0 heterocycles. The summed E-state index contributed by atoms with van der Waals surface area (Å²) < 4.78 is 57.4. The van der Waals surface area contributed by atoms with E-state index >= 15 is 0 Å². The van der Waals surface area contributed by atoms with Gasteiger partial charge in [-0.1, -0.05) is 6.92 Å². The highest BCUT2D eigenvalue weighted by atomic mass is 32.2. The van der Waals surface area contributed by atoms with Gasteiger partial charge in [0.1, 0.15) is 4.90 Å². The van der Waals surface area contributed by atoms with Gasteiger partial charge in [-0.3, -0.25) is 0 Å². The van der Waals surface area contributed by atoms with Crippen molar-refractivity contribution in [3.05, 3.63) is 29.3 Å². The highest BCUT2D eigenvalue weighted by molar-refractivity contribution is 7.89. The van der Waals surface area contributed by atoms with Crippen LogP contribution in [-0.4, -0.2) is 50.6 Å². The van der Waals surface area contributed by atoms with E-state index in [9.17, 15) is 22.0 Å². The summed E-state index contributed by atoms with van der Waals surface area (Å²) in [6.07, 6.45) is 0. The summed E-state index contributed by atoms with van der Waals surface area (Å²) in [7, 11) is -2.99. The number of carbonyl (C=O) groups is 1. The van der Waals surface area contributed by atoms with Crippen LogP contribution in [-0.2, 0) is 14.8 Å². The predicted octanol–water partition coefficient (Wildman–Crippen LogP) is 1.32. The number of sulfonamides is 1. The van der Waals surface area contributed by atoms with Gasteiger partial charge in [0.05, 0.1) is 12.2 Å². The number of halogens is 2. The summed E-state index contributed by atoms with van der Waals surface area (Å²) in [5.74, 6) is -4.68. The lowest BCUT2D eigenvalue weighted by Crippen LogP contribution is -2.34. The average Bonchev–Trinajstić information content (AvgIpc) is 2.41. The first-order chi connectivity index (χ1) is 9.75. The number of carboxylic acids is 1. The molecule has 0 aromatic heterocycles. The first-order valence-corrected chi connectivity index (χ1v) is 7.41. The number of methoxy groups -OCH3 is 1. The fraction of sp³-hybridized carbons (Fsp3) is 0.417. The molecule has 6 nitrogen and oxygen atoms in total. The van der Waals surface area contributed by atoms with Gasteiger partial charge in [-0.25, -0.2) is 22.0 Å². The van der Waals surface area contributed by atoms with Gasteiger partial charge in [-0.2, -0.15) is 4.31 Å². The maximum absolute atomic E-state index is 13.8. The fourth-order valence-corrected chi connectivity index (χ4v) is 3.19. The van der Waals surface area contributed by atoms with Crippen LogP contribution in [0.4, 0.5) is 8.78 Å². The lowest BCUT2D eigenvalue weighted by atomic mass is 10.2. The van der Waals surface area contributed by atoms with Crippen LogP contribution in [0, 0.1) is 11.6 Å². The fourth-order valence-electron chi connectivity index (χ4n) is 1.66. The quantitative estimate of drug-likeness (QED) is 0.818. The van der Waals surface area contributed by atoms with Crippen molar-refractivity contribution in [3.63, 3.8) is 0 Å². The van der Waals surface area contributed by atoms with Crippen LogP contribution in [0.15, 0.2) is 17.0 Å². The molecule has 0 radical (unpaired) electrons. The van der Waals surface area contributed by atoms with Crippen molar-refractivity contribution in [2.24, 2.45) is 0 Å². The second-order valence-electron chi connectivity index (χ2n) is 4.06. The lowest BCUT2D eigenvalue weighted by Gasteiger charge is -2.20. The van der Waals surface area contributed by atoms with Crippen molar-refractivity contribution in [2.75, 3.05) is 26.8 Å². The molecule has 0 atom stereocenters. The minimum atomic E-state index is -4.36. The van der Waals surface area contributed by atoms with Crippen molar-refractivity contribution in [3.8, 4) is 0 Å². The number of benzene rings is 1. The Bertz CT molecular complexity index is 633. The molecule has 0 aliphatic carbocycles. The molecule has 1 aromatic rings. The number of likely N-dealkylation sites (N-methyl/N-ethyl adjacent to an activating group) is 1. The van der Waals surface area contributed by atoms with Crippen molar-refractivity contribution in [1.29, 1.82) is 0 Å². The summed E-state index contributed by atoms with van der Waals surface area (Å²) in [6.45, 7) is 1.52. The minimum absolute atomic E-state index is 0.00402. The van der Waals surface area contributed by atoms with Gasteiger partial charge in [0.25, 0.3) is 0 Å². The van der Waals surface area contributed by atoms with E-state index in [0.717, 1.165) is 4.31 Å².